The van der Waals surface area contributed by atoms with Gasteiger partial charge in [-0.15, -0.1) is 0 Å². The van der Waals surface area contributed by atoms with Gasteiger partial charge in [0.1, 0.15) is 6.04 Å². The zero-order chi connectivity index (χ0) is 21.5. The molecule has 9 nitrogen and oxygen atoms in total. The summed E-state index contributed by atoms with van der Waals surface area (Å²) < 4.78 is 5.85. The summed E-state index contributed by atoms with van der Waals surface area (Å²) in [6.45, 7) is 6.52. The summed E-state index contributed by atoms with van der Waals surface area (Å²) in [6.07, 6.45) is 0.267. The van der Waals surface area contributed by atoms with Crippen LogP contribution in [0, 0.1) is 0 Å². The minimum Gasteiger partial charge on any atom is -0.374 e. The molecule has 0 aromatic heterocycles. The molecule has 1 aromatic carbocycles. The second kappa shape index (κ2) is 7.90. The van der Waals surface area contributed by atoms with Crippen LogP contribution in [0.4, 0.5) is 0 Å². The van der Waals surface area contributed by atoms with E-state index in [2.05, 4.69) is 29.8 Å². The second-order valence-corrected chi connectivity index (χ2v) is 8.62. The van der Waals surface area contributed by atoms with Crippen LogP contribution in [0.2, 0.25) is 0 Å². The highest BCUT2D eigenvalue weighted by Gasteiger charge is 2.45. The highest BCUT2D eigenvalue weighted by Crippen LogP contribution is 2.29. The van der Waals surface area contributed by atoms with E-state index in [1.54, 1.807) is 18.2 Å². The van der Waals surface area contributed by atoms with Gasteiger partial charge in [-0.1, -0.05) is 12.1 Å². The largest absolute Gasteiger partial charge is 0.374 e. The van der Waals surface area contributed by atoms with Crippen LogP contribution in [0.15, 0.2) is 18.2 Å². The molecule has 2 saturated heterocycles. The number of ether oxygens (including phenoxy) is 1. The Morgan fingerprint density at radius 2 is 2.00 bits per heavy atom. The molecule has 3 N–H and O–H groups in total. The number of rotatable bonds is 5. The third kappa shape index (κ3) is 3.88. The average molecular weight is 414 g/mol. The van der Waals surface area contributed by atoms with Crippen molar-refractivity contribution < 1.29 is 23.9 Å². The Hall–Kier alpha value is -2.62. The number of amides is 4. The predicted molar refractivity (Wildman–Crippen MR) is 107 cm³/mol. The first-order valence-electron chi connectivity index (χ1n) is 10.2. The molecule has 4 rings (SSSR count). The maximum atomic E-state index is 13.1. The molecule has 0 radical (unpaired) electrons. The molecule has 0 saturated carbocycles. The van der Waals surface area contributed by atoms with Gasteiger partial charge in [0.2, 0.25) is 11.8 Å². The van der Waals surface area contributed by atoms with Gasteiger partial charge in [-0.05, 0) is 31.9 Å². The molecule has 160 valence electrons. The van der Waals surface area contributed by atoms with Crippen LogP contribution in [0.1, 0.15) is 53.0 Å². The van der Waals surface area contributed by atoms with Crippen LogP contribution in [-0.4, -0.2) is 65.9 Å². The smallest absolute Gasteiger partial charge is 0.262 e. The quantitative estimate of drug-likeness (QED) is 0.578. The molecule has 2 atom stereocenters. The van der Waals surface area contributed by atoms with Gasteiger partial charge in [-0.3, -0.25) is 29.4 Å². The van der Waals surface area contributed by atoms with E-state index in [0.717, 1.165) is 11.4 Å². The third-order valence-corrected chi connectivity index (χ3v) is 5.73. The van der Waals surface area contributed by atoms with Gasteiger partial charge < -0.3 is 15.4 Å². The fourth-order valence-corrected chi connectivity index (χ4v) is 4.06. The van der Waals surface area contributed by atoms with Crippen molar-refractivity contribution in [3.63, 3.8) is 0 Å². The van der Waals surface area contributed by atoms with Crippen molar-refractivity contribution in [3.05, 3.63) is 34.9 Å². The van der Waals surface area contributed by atoms with Crippen molar-refractivity contribution in [1.82, 2.24) is 20.9 Å². The second-order valence-electron chi connectivity index (χ2n) is 8.62. The fraction of sp³-hybridized carbons (Fsp3) is 0.524. The van der Waals surface area contributed by atoms with Crippen molar-refractivity contribution in [2.24, 2.45) is 0 Å². The number of nitrogens with zero attached hydrogens (tertiary/aromatic N) is 1. The van der Waals surface area contributed by atoms with Gasteiger partial charge in [0.15, 0.2) is 0 Å². The lowest BCUT2D eigenvalue weighted by Crippen LogP contribution is -2.55. The number of morpholine rings is 1. The molecular formula is C21H26N4O5. The van der Waals surface area contributed by atoms with E-state index < -0.39 is 23.8 Å². The van der Waals surface area contributed by atoms with E-state index in [4.69, 9.17) is 4.74 Å². The molecule has 3 aliphatic heterocycles. The Kier molecular flexibility index (Phi) is 5.44. The van der Waals surface area contributed by atoms with Gasteiger partial charge in [0.25, 0.3) is 11.8 Å². The molecule has 2 unspecified atom stereocenters. The van der Waals surface area contributed by atoms with Crippen molar-refractivity contribution in [2.75, 3.05) is 19.7 Å². The summed E-state index contributed by atoms with van der Waals surface area (Å²) in [5, 5.41) is 8.94. The topological polar surface area (TPSA) is 117 Å². The van der Waals surface area contributed by atoms with Crippen LogP contribution >= 0.6 is 0 Å². The molecule has 3 heterocycles. The van der Waals surface area contributed by atoms with Gasteiger partial charge >= 0.3 is 0 Å². The molecule has 30 heavy (non-hydrogen) atoms. The summed E-state index contributed by atoms with van der Waals surface area (Å²) in [5.41, 5.74) is 1.28. The zero-order valence-corrected chi connectivity index (χ0v) is 17.1. The number of fused-ring (bicyclic) bond motifs is 1. The first-order valence-corrected chi connectivity index (χ1v) is 10.2. The van der Waals surface area contributed by atoms with Crippen molar-refractivity contribution in [3.8, 4) is 0 Å². The van der Waals surface area contributed by atoms with Crippen molar-refractivity contribution in [2.45, 2.75) is 50.9 Å². The molecule has 2 fully saturated rings. The predicted octanol–water partition coefficient (Wildman–Crippen LogP) is -0.0556. The fourth-order valence-electron chi connectivity index (χ4n) is 4.06. The van der Waals surface area contributed by atoms with E-state index in [-0.39, 0.29) is 30.4 Å². The Morgan fingerprint density at radius 3 is 2.70 bits per heavy atom. The number of imide groups is 2. The molecule has 9 heteroatoms. The lowest BCUT2D eigenvalue weighted by Gasteiger charge is -2.36. The van der Waals surface area contributed by atoms with E-state index >= 15 is 0 Å². The van der Waals surface area contributed by atoms with Crippen LogP contribution < -0.4 is 16.0 Å². The van der Waals surface area contributed by atoms with Gasteiger partial charge in [-0.25, -0.2) is 0 Å². The van der Waals surface area contributed by atoms with Gasteiger partial charge in [0.05, 0.1) is 23.8 Å². The van der Waals surface area contributed by atoms with E-state index in [1.807, 2.05) is 0 Å². The van der Waals surface area contributed by atoms with Crippen LogP contribution in [0.5, 0.6) is 0 Å². The van der Waals surface area contributed by atoms with Crippen molar-refractivity contribution >= 4 is 23.6 Å². The third-order valence-electron chi connectivity index (χ3n) is 5.73. The minimum absolute atomic E-state index is 0.0205. The number of hydrogen-bond acceptors (Lipinski definition) is 7. The average Bonchev–Trinajstić information content (AvgIpc) is 2.95. The Bertz CT molecular complexity index is 903. The lowest BCUT2D eigenvalue weighted by atomic mass is 10.0. The first-order chi connectivity index (χ1) is 14.3. The number of carbonyl (C=O) groups excluding carboxylic acids is 4. The maximum Gasteiger partial charge on any atom is 0.262 e. The highest BCUT2D eigenvalue weighted by molar-refractivity contribution is 6.24. The monoisotopic (exact) mass is 414 g/mol. The Labute approximate surface area is 174 Å². The minimum atomic E-state index is -0.957. The lowest BCUT2D eigenvalue weighted by molar-refractivity contribution is -0.136. The summed E-state index contributed by atoms with van der Waals surface area (Å²) in [4.78, 5) is 50.5. The standard InChI is InChI=1S/C21H26N4O5/c1-21(2)11-30-13(10-23-21)9-22-8-12-4-3-5-14-17(12)20(29)25(19(14)28)15-6-7-16(26)24-18(15)27/h3-5,13,15,22-23H,6-11H2,1-2H3,(H,24,26,27). The van der Waals surface area contributed by atoms with Gasteiger partial charge in [-0.2, -0.15) is 0 Å². The molecule has 0 aliphatic carbocycles. The SMILES string of the molecule is CC1(C)COC(CNCc2cccc3c2C(=O)N(C2CCC(=O)NC2=O)C3=O)CN1. The molecule has 1 aromatic rings. The molecule has 3 aliphatic rings. The zero-order valence-electron chi connectivity index (χ0n) is 17.1. The summed E-state index contributed by atoms with van der Waals surface area (Å²) >= 11 is 0. The van der Waals surface area contributed by atoms with Crippen LogP contribution in [0.25, 0.3) is 0 Å². The normalized spacial score (nSPS) is 26.0. The molecular weight excluding hydrogens is 388 g/mol. The van der Waals surface area contributed by atoms with E-state index in [0.29, 0.717) is 36.4 Å². The van der Waals surface area contributed by atoms with E-state index in [1.165, 1.54) is 0 Å². The highest BCUT2D eigenvalue weighted by atomic mass is 16.5. The summed E-state index contributed by atoms with van der Waals surface area (Å²) in [7, 11) is 0. The summed E-state index contributed by atoms with van der Waals surface area (Å²) in [5.74, 6) is -1.97. The van der Waals surface area contributed by atoms with Crippen LogP contribution in [0.3, 0.4) is 0 Å². The maximum absolute atomic E-state index is 13.1. The van der Waals surface area contributed by atoms with Crippen molar-refractivity contribution in [1.29, 1.82) is 0 Å². The van der Waals surface area contributed by atoms with E-state index in [9.17, 15) is 19.2 Å². The molecule has 0 spiro atoms. The molecule has 0 bridgehead atoms. The summed E-state index contributed by atoms with van der Waals surface area (Å²) in [6, 6.07) is 4.17. The Balaban J connectivity index is 1.44. The number of carbonyl (C=O) groups is 4. The Morgan fingerprint density at radius 1 is 1.20 bits per heavy atom. The number of piperidine rings is 1. The van der Waals surface area contributed by atoms with Gasteiger partial charge in [0, 0.05) is 31.6 Å². The first kappa shape index (κ1) is 20.6. The number of nitrogens with one attached hydrogen (secondary N) is 3. The number of hydrogen-bond donors (Lipinski definition) is 3. The van der Waals surface area contributed by atoms with Crippen LogP contribution in [-0.2, 0) is 20.9 Å². The molecule has 4 amide bonds. The number of benzene rings is 1.